The summed E-state index contributed by atoms with van der Waals surface area (Å²) in [5.74, 6) is 0.202. The minimum Gasteiger partial charge on any atom is -0.493 e. The van der Waals surface area contributed by atoms with E-state index >= 15 is 0 Å². The molecule has 3 aromatic carbocycles. The van der Waals surface area contributed by atoms with Gasteiger partial charge in [0.25, 0.3) is 5.91 Å². The van der Waals surface area contributed by atoms with Gasteiger partial charge in [-0.2, -0.15) is 0 Å². The van der Waals surface area contributed by atoms with Crippen LogP contribution in [-0.2, 0) is 22.6 Å². The highest BCUT2D eigenvalue weighted by Crippen LogP contribution is 2.43. The van der Waals surface area contributed by atoms with Crippen LogP contribution in [0.4, 0.5) is 5.69 Å². The molecule has 1 aliphatic rings. The first kappa shape index (κ1) is 27.1. The van der Waals surface area contributed by atoms with Crippen LogP contribution in [-0.4, -0.2) is 29.5 Å². The van der Waals surface area contributed by atoms with Crippen LogP contribution in [0.25, 0.3) is 0 Å². The van der Waals surface area contributed by atoms with Crippen molar-refractivity contribution in [3.63, 3.8) is 0 Å². The summed E-state index contributed by atoms with van der Waals surface area (Å²) < 4.78 is 11.5. The van der Waals surface area contributed by atoms with Crippen molar-refractivity contribution in [3.05, 3.63) is 125 Å². The summed E-state index contributed by atoms with van der Waals surface area (Å²) in [7, 11) is 0. The molecule has 5 rings (SSSR count). The van der Waals surface area contributed by atoms with Crippen molar-refractivity contribution in [2.24, 2.45) is 0 Å². The van der Waals surface area contributed by atoms with Gasteiger partial charge in [0.1, 0.15) is 12.4 Å². The molecule has 0 aliphatic carbocycles. The van der Waals surface area contributed by atoms with Gasteiger partial charge in [-0.05, 0) is 73.4 Å². The lowest BCUT2D eigenvalue weighted by Crippen LogP contribution is -2.38. The number of esters is 1. The van der Waals surface area contributed by atoms with Gasteiger partial charge in [0, 0.05) is 41.5 Å². The second-order valence-electron chi connectivity index (χ2n) is 10.3. The van der Waals surface area contributed by atoms with Crippen molar-refractivity contribution in [2.75, 3.05) is 11.5 Å². The van der Waals surface area contributed by atoms with E-state index < -0.39 is 0 Å². The molecule has 0 saturated heterocycles. The fourth-order valence-electron chi connectivity index (χ4n) is 5.25. The predicted molar refractivity (Wildman–Crippen MR) is 156 cm³/mol. The Morgan fingerprint density at radius 2 is 1.70 bits per heavy atom. The molecular weight excluding hydrogens is 500 g/mol. The maximum atomic E-state index is 13.9. The van der Waals surface area contributed by atoms with E-state index in [0.717, 1.165) is 39.4 Å². The zero-order chi connectivity index (χ0) is 28.1. The van der Waals surface area contributed by atoms with E-state index in [-0.39, 0.29) is 36.9 Å². The van der Waals surface area contributed by atoms with Crippen LogP contribution < -0.4 is 9.64 Å². The number of aromatic nitrogens is 1. The lowest BCUT2D eigenvalue weighted by Gasteiger charge is -2.26. The minimum atomic E-state index is -0.275. The van der Waals surface area contributed by atoms with Crippen molar-refractivity contribution >= 4 is 17.6 Å². The topological polar surface area (TPSA) is 68.7 Å². The molecule has 2 atom stereocenters. The number of pyridine rings is 1. The molecule has 6 nitrogen and oxygen atoms in total. The van der Waals surface area contributed by atoms with Crippen molar-refractivity contribution in [2.45, 2.75) is 52.2 Å². The Hall–Kier alpha value is -4.45. The second kappa shape index (κ2) is 12.2. The maximum absolute atomic E-state index is 13.9. The van der Waals surface area contributed by atoms with Crippen LogP contribution in [0.2, 0.25) is 0 Å². The number of anilines is 1. The highest BCUT2D eigenvalue weighted by molar-refractivity contribution is 6.09. The number of amides is 1. The number of nitrogens with zero attached hydrogens (tertiary/aromatic N) is 2. The third-order valence-electron chi connectivity index (χ3n) is 7.46. The molecule has 6 heteroatoms. The van der Waals surface area contributed by atoms with Crippen LogP contribution >= 0.6 is 0 Å². The summed E-state index contributed by atoms with van der Waals surface area (Å²) in [5.41, 5.74) is 6.34. The molecule has 2 heterocycles. The molecule has 4 aromatic rings. The van der Waals surface area contributed by atoms with Crippen LogP contribution in [0.1, 0.15) is 57.6 Å². The number of hydrogen-bond donors (Lipinski definition) is 0. The number of rotatable bonds is 9. The van der Waals surface area contributed by atoms with Crippen LogP contribution in [0.5, 0.6) is 5.75 Å². The number of ether oxygens (including phenoxy) is 2. The van der Waals surface area contributed by atoms with Gasteiger partial charge in [-0.3, -0.25) is 14.6 Å². The Morgan fingerprint density at radius 1 is 0.925 bits per heavy atom. The monoisotopic (exact) mass is 534 g/mol. The van der Waals surface area contributed by atoms with Gasteiger partial charge in [0.15, 0.2) is 0 Å². The van der Waals surface area contributed by atoms with Crippen molar-refractivity contribution in [3.8, 4) is 5.75 Å². The van der Waals surface area contributed by atoms with Gasteiger partial charge in [0.05, 0.1) is 13.0 Å². The molecule has 0 bridgehead atoms. The van der Waals surface area contributed by atoms with E-state index in [1.807, 2.05) is 117 Å². The Labute approximate surface area is 235 Å². The Balaban J connectivity index is 1.26. The molecule has 204 valence electrons. The van der Waals surface area contributed by atoms with E-state index in [0.29, 0.717) is 18.6 Å². The average Bonchev–Trinajstić information content (AvgIpc) is 3.24. The van der Waals surface area contributed by atoms with Crippen molar-refractivity contribution in [1.29, 1.82) is 0 Å². The van der Waals surface area contributed by atoms with Gasteiger partial charge < -0.3 is 14.4 Å². The lowest BCUT2D eigenvalue weighted by atomic mass is 9.92. The molecule has 0 spiro atoms. The summed E-state index contributed by atoms with van der Waals surface area (Å²) >= 11 is 0. The first-order chi connectivity index (χ1) is 19.4. The molecule has 0 N–H and O–H groups in total. The largest absolute Gasteiger partial charge is 0.493 e. The molecule has 1 amide bonds. The molecule has 40 heavy (non-hydrogen) atoms. The first-order valence-electron chi connectivity index (χ1n) is 13.7. The maximum Gasteiger partial charge on any atom is 0.306 e. The van der Waals surface area contributed by atoms with Crippen LogP contribution in [0, 0.1) is 13.8 Å². The lowest BCUT2D eigenvalue weighted by molar-refractivity contribution is -0.145. The van der Waals surface area contributed by atoms with E-state index in [1.54, 1.807) is 0 Å². The van der Waals surface area contributed by atoms with Gasteiger partial charge in [-0.1, -0.05) is 54.6 Å². The molecule has 1 aromatic heterocycles. The standard InChI is InChI=1S/C34H34N2O4/c1-23-13-14-27(35-21-23)17-18-39-28-15-16-29(24(2)19-28)34(38)36-25(3)31(30-11-7-8-12-32(30)36)20-33(37)40-22-26-9-5-4-6-10-26/h4-16,19,21,25,31H,17-18,20,22H2,1-3H3. The number of aryl methyl sites for hydroxylation is 2. The molecule has 1 aliphatic heterocycles. The number of hydrogen-bond acceptors (Lipinski definition) is 5. The van der Waals surface area contributed by atoms with Gasteiger partial charge in [0.2, 0.25) is 0 Å². The zero-order valence-corrected chi connectivity index (χ0v) is 23.2. The van der Waals surface area contributed by atoms with E-state index in [4.69, 9.17) is 9.47 Å². The summed E-state index contributed by atoms with van der Waals surface area (Å²) in [5, 5.41) is 0. The number of carbonyl (C=O) groups is 2. The van der Waals surface area contributed by atoms with Gasteiger partial charge >= 0.3 is 5.97 Å². The number of para-hydroxylation sites is 1. The summed E-state index contributed by atoms with van der Waals surface area (Å²) in [4.78, 5) is 32.9. The summed E-state index contributed by atoms with van der Waals surface area (Å²) in [6.45, 7) is 6.68. The number of carbonyl (C=O) groups excluding carboxylic acids is 2. The zero-order valence-electron chi connectivity index (χ0n) is 23.2. The highest BCUT2D eigenvalue weighted by Gasteiger charge is 2.40. The van der Waals surface area contributed by atoms with Gasteiger partial charge in [-0.15, -0.1) is 0 Å². The third kappa shape index (κ3) is 6.07. The normalized spacial score (nSPS) is 15.9. The number of fused-ring (bicyclic) bond motifs is 1. The smallest absolute Gasteiger partial charge is 0.306 e. The summed E-state index contributed by atoms with van der Waals surface area (Å²) in [6.07, 6.45) is 2.77. The fraction of sp³-hybridized carbons (Fsp3) is 0.265. The second-order valence-corrected chi connectivity index (χ2v) is 10.3. The van der Waals surface area contributed by atoms with E-state index in [9.17, 15) is 9.59 Å². The van der Waals surface area contributed by atoms with Crippen LogP contribution in [0.15, 0.2) is 91.1 Å². The van der Waals surface area contributed by atoms with Gasteiger partial charge in [-0.25, -0.2) is 0 Å². The number of benzene rings is 3. The minimum absolute atomic E-state index is 0.0898. The molecule has 0 radical (unpaired) electrons. The van der Waals surface area contributed by atoms with Crippen molar-refractivity contribution in [1.82, 2.24) is 4.98 Å². The Kier molecular flexibility index (Phi) is 8.25. The summed E-state index contributed by atoms with van der Waals surface area (Å²) in [6, 6.07) is 26.9. The van der Waals surface area contributed by atoms with E-state index in [2.05, 4.69) is 4.98 Å². The Bertz CT molecular complexity index is 1480. The molecule has 0 fully saturated rings. The van der Waals surface area contributed by atoms with Crippen LogP contribution in [0.3, 0.4) is 0 Å². The quantitative estimate of drug-likeness (QED) is 0.227. The average molecular weight is 535 g/mol. The van der Waals surface area contributed by atoms with Crippen molar-refractivity contribution < 1.29 is 19.1 Å². The predicted octanol–water partition coefficient (Wildman–Crippen LogP) is 6.59. The SMILES string of the molecule is Cc1ccc(CCOc2ccc(C(=O)N3c4ccccc4C(CC(=O)OCc4ccccc4)C3C)c(C)c2)nc1. The fourth-order valence-corrected chi connectivity index (χ4v) is 5.25. The molecule has 2 unspecified atom stereocenters. The first-order valence-corrected chi connectivity index (χ1v) is 13.7. The highest BCUT2D eigenvalue weighted by atomic mass is 16.5. The third-order valence-corrected chi connectivity index (χ3v) is 7.46. The van der Waals surface area contributed by atoms with E-state index in [1.165, 1.54) is 0 Å². The Morgan fingerprint density at radius 3 is 2.45 bits per heavy atom. The molecular formula is C34H34N2O4. The molecule has 0 saturated carbocycles.